The van der Waals surface area contributed by atoms with Crippen LogP contribution in [0.4, 0.5) is 0 Å². The summed E-state index contributed by atoms with van der Waals surface area (Å²) in [6.45, 7) is 0.741. The third kappa shape index (κ3) is 5.57. The molecule has 1 aliphatic rings. The van der Waals surface area contributed by atoms with Crippen LogP contribution in [0.1, 0.15) is 23.5 Å². The second kappa shape index (κ2) is 9.71. The number of fused-ring (bicyclic) bond motifs is 1. The molecule has 1 N–H and O–H groups in total. The third-order valence-electron chi connectivity index (χ3n) is 4.80. The van der Waals surface area contributed by atoms with Gasteiger partial charge in [0.1, 0.15) is 42.1 Å². The molecule has 6 nitrogen and oxygen atoms in total. The van der Waals surface area contributed by atoms with E-state index in [0.29, 0.717) is 30.5 Å². The Balaban J connectivity index is 1.31. The predicted molar refractivity (Wildman–Crippen MR) is 115 cm³/mol. The lowest BCUT2D eigenvalue weighted by Crippen LogP contribution is -2.07. The minimum Gasteiger partial charge on any atom is -0.492 e. The number of hydrogen-bond donors (Lipinski definition) is 1. The Kier molecular flexibility index (Phi) is 6.38. The van der Waals surface area contributed by atoms with E-state index >= 15 is 0 Å². The van der Waals surface area contributed by atoms with Crippen LogP contribution in [0.3, 0.4) is 0 Å². The van der Waals surface area contributed by atoms with Crippen LogP contribution in [0.25, 0.3) is 0 Å². The lowest BCUT2D eigenvalue weighted by Gasteiger charge is -2.10. The predicted octanol–water partition coefficient (Wildman–Crippen LogP) is 5.15. The summed E-state index contributed by atoms with van der Waals surface area (Å²) in [5, 5.41) is 9.01. The van der Waals surface area contributed by atoms with Crippen molar-refractivity contribution < 1.29 is 28.8 Å². The Morgan fingerprint density at radius 3 is 2.52 bits per heavy atom. The minimum atomic E-state index is -0.828. The number of carboxylic acid groups (broad SMARTS) is 1. The molecule has 1 aliphatic heterocycles. The summed E-state index contributed by atoms with van der Waals surface area (Å²) in [7, 11) is 0. The number of para-hydroxylation sites is 1. The highest BCUT2D eigenvalue weighted by molar-refractivity contribution is 5.68. The van der Waals surface area contributed by atoms with E-state index in [-0.39, 0.29) is 12.3 Å². The van der Waals surface area contributed by atoms with Crippen molar-refractivity contribution in [3.8, 4) is 23.0 Å². The Labute approximate surface area is 180 Å². The van der Waals surface area contributed by atoms with Gasteiger partial charge in [-0.05, 0) is 35.9 Å². The van der Waals surface area contributed by atoms with Gasteiger partial charge in [-0.3, -0.25) is 4.79 Å². The van der Waals surface area contributed by atoms with Gasteiger partial charge in [-0.1, -0.05) is 36.4 Å². The van der Waals surface area contributed by atoms with Crippen molar-refractivity contribution in [3.63, 3.8) is 0 Å². The molecule has 0 saturated carbocycles. The Hall–Kier alpha value is -3.93. The highest BCUT2D eigenvalue weighted by Gasteiger charge is 2.26. The number of carboxylic acids is 1. The standard InChI is InChI=1S/C25H22O6/c26-25(27)14-19-17-31-24-15-22(9-10-23(19)24)30-16-18-5-4-8-21(13-18)29-12-11-28-20-6-2-1-3-7-20/h1-13,15,19H,14,16-17H2,(H,26,27)/b12-11+. The molecule has 31 heavy (non-hydrogen) atoms. The highest BCUT2D eigenvalue weighted by Crippen LogP contribution is 2.38. The fourth-order valence-electron chi connectivity index (χ4n) is 3.31. The van der Waals surface area contributed by atoms with Crippen LogP contribution < -0.4 is 18.9 Å². The van der Waals surface area contributed by atoms with Gasteiger partial charge >= 0.3 is 5.97 Å². The van der Waals surface area contributed by atoms with E-state index in [4.69, 9.17) is 24.1 Å². The fraction of sp³-hybridized carbons (Fsp3) is 0.160. The third-order valence-corrected chi connectivity index (χ3v) is 4.80. The van der Waals surface area contributed by atoms with Gasteiger partial charge < -0.3 is 24.1 Å². The van der Waals surface area contributed by atoms with Gasteiger partial charge in [-0.15, -0.1) is 0 Å². The van der Waals surface area contributed by atoms with Gasteiger partial charge in [0.25, 0.3) is 0 Å². The molecule has 0 fully saturated rings. The van der Waals surface area contributed by atoms with E-state index in [9.17, 15) is 4.79 Å². The average molecular weight is 418 g/mol. The molecule has 3 aromatic rings. The summed E-state index contributed by atoms with van der Waals surface area (Å²) in [4.78, 5) is 11.0. The second-order valence-corrected chi connectivity index (χ2v) is 7.06. The zero-order valence-electron chi connectivity index (χ0n) is 16.8. The van der Waals surface area contributed by atoms with E-state index in [1.54, 1.807) is 6.07 Å². The first-order valence-corrected chi connectivity index (χ1v) is 9.91. The summed E-state index contributed by atoms with van der Waals surface area (Å²) in [6.07, 6.45) is 3.03. The first-order valence-electron chi connectivity index (χ1n) is 9.91. The SMILES string of the molecule is O=C(O)CC1COc2cc(OCc3cccc(O/C=C/Oc4ccccc4)c3)ccc21. The summed E-state index contributed by atoms with van der Waals surface area (Å²) < 4.78 is 22.6. The number of hydrogen-bond acceptors (Lipinski definition) is 5. The molecule has 0 amide bonds. The molecule has 1 atom stereocenters. The van der Waals surface area contributed by atoms with Crippen LogP contribution in [-0.4, -0.2) is 17.7 Å². The van der Waals surface area contributed by atoms with E-state index < -0.39 is 5.97 Å². The quantitative estimate of drug-likeness (QED) is 0.485. The van der Waals surface area contributed by atoms with Gasteiger partial charge in [0, 0.05) is 17.5 Å². The van der Waals surface area contributed by atoms with Crippen LogP contribution in [0.2, 0.25) is 0 Å². The van der Waals surface area contributed by atoms with Crippen LogP contribution in [-0.2, 0) is 11.4 Å². The van der Waals surface area contributed by atoms with Crippen molar-refractivity contribution in [1.82, 2.24) is 0 Å². The number of benzene rings is 3. The molecular weight excluding hydrogens is 396 g/mol. The van der Waals surface area contributed by atoms with Crippen molar-refractivity contribution in [1.29, 1.82) is 0 Å². The van der Waals surface area contributed by atoms with Gasteiger partial charge in [-0.25, -0.2) is 0 Å². The molecular formula is C25H22O6. The molecule has 0 aromatic heterocycles. The minimum absolute atomic E-state index is 0.0603. The van der Waals surface area contributed by atoms with E-state index in [1.165, 1.54) is 12.5 Å². The number of ether oxygens (including phenoxy) is 4. The zero-order valence-corrected chi connectivity index (χ0v) is 16.8. The van der Waals surface area contributed by atoms with Crippen molar-refractivity contribution in [2.24, 2.45) is 0 Å². The van der Waals surface area contributed by atoms with E-state index in [2.05, 4.69) is 0 Å². The Morgan fingerprint density at radius 1 is 0.935 bits per heavy atom. The molecule has 0 radical (unpaired) electrons. The summed E-state index contributed by atoms with van der Waals surface area (Å²) in [6, 6.07) is 22.5. The molecule has 1 unspecified atom stereocenters. The summed E-state index contributed by atoms with van der Waals surface area (Å²) in [5.41, 5.74) is 1.86. The molecule has 0 bridgehead atoms. The molecule has 0 saturated heterocycles. The zero-order chi connectivity index (χ0) is 21.5. The first kappa shape index (κ1) is 20.3. The van der Waals surface area contributed by atoms with Crippen LogP contribution in [0, 0.1) is 0 Å². The van der Waals surface area contributed by atoms with E-state index in [0.717, 1.165) is 16.9 Å². The monoisotopic (exact) mass is 418 g/mol. The maximum absolute atomic E-state index is 11.0. The molecule has 0 aliphatic carbocycles. The Bertz CT molecular complexity index is 1060. The van der Waals surface area contributed by atoms with Crippen LogP contribution in [0.15, 0.2) is 85.3 Å². The first-order chi connectivity index (χ1) is 15.2. The van der Waals surface area contributed by atoms with Crippen LogP contribution >= 0.6 is 0 Å². The summed E-state index contributed by atoms with van der Waals surface area (Å²) in [5.74, 6) is 1.81. The second-order valence-electron chi connectivity index (χ2n) is 7.06. The van der Waals surface area contributed by atoms with Crippen LogP contribution in [0.5, 0.6) is 23.0 Å². The molecule has 0 spiro atoms. The van der Waals surface area contributed by atoms with Gasteiger partial charge in [-0.2, -0.15) is 0 Å². The molecule has 1 heterocycles. The normalized spacial score (nSPS) is 14.6. The number of carbonyl (C=O) groups is 1. The van der Waals surface area contributed by atoms with E-state index in [1.807, 2.05) is 66.7 Å². The number of rotatable bonds is 9. The fourth-order valence-corrected chi connectivity index (χ4v) is 3.31. The van der Waals surface area contributed by atoms with Gasteiger partial charge in [0.2, 0.25) is 0 Å². The average Bonchev–Trinajstić information content (AvgIpc) is 3.18. The number of aliphatic carboxylic acids is 1. The lowest BCUT2D eigenvalue weighted by atomic mass is 9.98. The maximum atomic E-state index is 11.0. The highest BCUT2D eigenvalue weighted by atomic mass is 16.5. The smallest absolute Gasteiger partial charge is 0.304 e. The molecule has 4 rings (SSSR count). The molecule has 3 aromatic carbocycles. The summed E-state index contributed by atoms with van der Waals surface area (Å²) >= 11 is 0. The van der Waals surface area contributed by atoms with Crippen molar-refractivity contribution in [2.45, 2.75) is 18.9 Å². The largest absolute Gasteiger partial charge is 0.492 e. The van der Waals surface area contributed by atoms with Crippen molar-refractivity contribution >= 4 is 5.97 Å². The van der Waals surface area contributed by atoms with Crippen molar-refractivity contribution in [2.75, 3.05) is 6.61 Å². The topological polar surface area (TPSA) is 74.2 Å². The maximum Gasteiger partial charge on any atom is 0.304 e. The molecule has 6 heteroatoms. The lowest BCUT2D eigenvalue weighted by molar-refractivity contribution is -0.137. The van der Waals surface area contributed by atoms with Gasteiger partial charge in [0.05, 0.1) is 13.0 Å². The van der Waals surface area contributed by atoms with Crippen molar-refractivity contribution in [3.05, 3.63) is 96.4 Å². The Morgan fingerprint density at radius 2 is 1.71 bits per heavy atom. The molecule has 158 valence electrons. The van der Waals surface area contributed by atoms with Gasteiger partial charge in [0.15, 0.2) is 0 Å².